The Labute approximate surface area is 120 Å². The van der Waals surface area contributed by atoms with Gasteiger partial charge in [-0.1, -0.05) is 13.0 Å². The fraction of sp³-hybridized carbons (Fsp3) is 0.364. The Hall–Kier alpha value is -2.07. The minimum atomic E-state index is -4.40. The molecule has 1 aromatic carbocycles. The number of sulfonamides is 1. The van der Waals surface area contributed by atoms with Crippen LogP contribution in [-0.2, 0) is 19.6 Å². The Morgan fingerprint density at radius 2 is 2.10 bits per heavy atom. The van der Waals surface area contributed by atoms with Crippen LogP contribution >= 0.6 is 0 Å². The number of hydrogen-bond acceptors (Lipinski definition) is 6. The molecule has 0 aromatic heterocycles. The number of likely N-dealkylation sites (N-methyl/N-ethyl adjacent to an activating group) is 1. The summed E-state index contributed by atoms with van der Waals surface area (Å²) in [7, 11) is -3.33. The van der Waals surface area contributed by atoms with Gasteiger partial charge >= 0.3 is 11.7 Å². The number of esters is 1. The maximum Gasteiger partial charge on any atom is 0.324 e. The molecular formula is C11H13FN2O6S. The van der Waals surface area contributed by atoms with Crippen molar-refractivity contribution in [3.05, 3.63) is 34.1 Å². The molecule has 1 rings (SSSR count). The first-order valence-electron chi connectivity index (χ1n) is 5.75. The number of nitrogens with zero attached hydrogens (tertiary/aromatic N) is 2. The molecule has 0 aliphatic heterocycles. The molecule has 0 atom stereocenters. The molecule has 0 fully saturated rings. The normalized spacial score (nSPS) is 11.4. The summed E-state index contributed by atoms with van der Waals surface area (Å²) in [6, 6.07) is 2.74. The number of methoxy groups -OCH3 is 1. The van der Waals surface area contributed by atoms with Crippen molar-refractivity contribution in [3.63, 3.8) is 0 Å². The molecule has 10 heteroatoms. The minimum Gasteiger partial charge on any atom is -0.468 e. The summed E-state index contributed by atoms with van der Waals surface area (Å²) in [5.74, 6) is -2.10. The average Bonchev–Trinajstić information content (AvgIpc) is 2.43. The van der Waals surface area contributed by atoms with Crippen LogP contribution in [0.5, 0.6) is 0 Å². The molecule has 0 aliphatic carbocycles. The van der Waals surface area contributed by atoms with Gasteiger partial charge in [0.15, 0.2) is 4.90 Å². The predicted octanol–water partition coefficient (Wildman–Crippen LogP) is 0.917. The van der Waals surface area contributed by atoms with Crippen LogP contribution in [0.1, 0.15) is 6.92 Å². The lowest BCUT2D eigenvalue weighted by Gasteiger charge is -2.19. The smallest absolute Gasteiger partial charge is 0.324 e. The maximum absolute atomic E-state index is 13.5. The van der Waals surface area contributed by atoms with Crippen molar-refractivity contribution in [1.29, 1.82) is 0 Å². The summed E-state index contributed by atoms with van der Waals surface area (Å²) in [5.41, 5.74) is -1.15. The van der Waals surface area contributed by atoms with E-state index in [9.17, 15) is 27.7 Å². The van der Waals surface area contributed by atoms with E-state index in [1.54, 1.807) is 0 Å². The quantitative estimate of drug-likeness (QED) is 0.438. The van der Waals surface area contributed by atoms with E-state index in [4.69, 9.17) is 0 Å². The number of nitro benzene ring substituents is 1. The van der Waals surface area contributed by atoms with Gasteiger partial charge in [-0.2, -0.15) is 8.70 Å². The fourth-order valence-corrected chi connectivity index (χ4v) is 3.16. The van der Waals surface area contributed by atoms with Gasteiger partial charge in [-0.3, -0.25) is 14.9 Å². The van der Waals surface area contributed by atoms with Crippen molar-refractivity contribution in [2.45, 2.75) is 11.8 Å². The Kier molecular flexibility index (Phi) is 5.33. The van der Waals surface area contributed by atoms with E-state index in [1.807, 2.05) is 0 Å². The van der Waals surface area contributed by atoms with Gasteiger partial charge in [-0.15, -0.1) is 0 Å². The standard InChI is InChI=1S/C11H13FN2O6S/c1-3-13(7-10(15)20-2)21(18,19)9-6-4-5-8(12)11(9)14(16)17/h4-6H,3,7H2,1-2H3. The topological polar surface area (TPSA) is 107 Å². The van der Waals surface area contributed by atoms with Crippen LogP contribution in [0.3, 0.4) is 0 Å². The molecule has 116 valence electrons. The number of ether oxygens (including phenoxy) is 1. The van der Waals surface area contributed by atoms with E-state index < -0.39 is 43.9 Å². The Morgan fingerprint density at radius 3 is 2.57 bits per heavy atom. The molecule has 0 bridgehead atoms. The number of hydrogen-bond donors (Lipinski definition) is 0. The van der Waals surface area contributed by atoms with E-state index in [1.165, 1.54) is 6.92 Å². The Balaban J connectivity index is 3.39. The van der Waals surface area contributed by atoms with E-state index in [2.05, 4.69) is 4.74 Å². The zero-order valence-corrected chi connectivity index (χ0v) is 12.1. The highest BCUT2D eigenvalue weighted by Crippen LogP contribution is 2.29. The van der Waals surface area contributed by atoms with Gasteiger partial charge in [0.1, 0.15) is 6.54 Å². The van der Waals surface area contributed by atoms with Crippen LogP contribution in [0.15, 0.2) is 23.1 Å². The average molecular weight is 320 g/mol. The molecule has 0 spiro atoms. The van der Waals surface area contributed by atoms with Gasteiger partial charge < -0.3 is 4.74 Å². The molecular weight excluding hydrogens is 307 g/mol. The summed E-state index contributed by atoms with van der Waals surface area (Å²) >= 11 is 0. The molecule has 0 heterocycles. The van der Waals surface area contributed by atoms with Gasteiger partial charge in [0.2, 0.25) is 5.82 Å². The summed E-state index contributed by atoms with van der Waals surface area (Å²) in [4.78, 5) is 20.2. The van der Waals surface area contributed by atoms with Crippen molar-refractivity contribution in [3.8, 4) is 0 Å². The van der Waals surface area contributed by atoms with E-state index in [0.29, 0.717) is 4.31 Å². The van der Waals surface area contributed by atoms with Crippen molar-refractivity contribution < 1.29 is 27.3 Å². The lowest BCUT2D eigenvalue weighted by Crippen LogP contribution is -2.36. The van der Waals surface area contributed by atoms with E-state index >= 15 is 0 Å². The van der Waals surface area contributed by atoms with Crippen LogP contribution in [0.2, 0.25) is 0 Å². The fourth-order valence-electron chi connectivity index (χ4n) is 1.60. The second-order valence-electron chi connectivity index (χ2n) is 3.85. The molecule has 0 aliphatic rings. The van der Waals surface area contributed by atoms with Gasteiger partial charge in [0.05, 0.1) is 12.0 Å². The van der Waals surface area contributed by atoms with Gasteiger partial charge in [0.25, 0.3) is 10.0 Å². The van der Waals surface area contributed by atoms with Crippen molar-refractivity contribution in [2.75, 3.05) is 20.2 Å². The zero-order valence-electron chi connectivity index (χ0n) is 11.3. The first kappa shape index (κ1) is 17.0. The van der Waals surface area contributed by atoms with Crippen molar-refractivity contribution in [1.82, 2.24) is 4.31 Å². The Morgan fingerprint density at radius 1 is 1.48 bits per heavy atom. The highest BCUT2D eigenvalue weighted by molar-refractivity contribution is 7.89. The van der Waals surface area contributed by atoms with E-state index in [0.717, 1.165) is 25.3 Å². The van der Waals surface area contributed by atoms with Crippen molar-refractivity contribution in [2.24, 2.45) is 0 Å². The molecule has 21 heavy (non-hydrogen) atoms. The third-order valence-electron chi connectivity index (χ3n) is 2.64. The number of carbonyl (C=O) groups excluding carboxylic acids is 1. The minimum absolute atomic E-state index is 0.134. The SMILES string of the molecule is CCN(CC(=O)OC)S(=O)(=O)c1cccc(F)c1[N+](=O)[O-]. The zero-order chi connectivity index (χ0) is 16.2. The third-order valence-corrected chi connectivity index (χ3v) is 4.59. The van der Waals surface area contributed by atoms with E-state index in [-0.39, 0.29) is 6.54 Å². The highest BCUT2D eigenvalue weighted by Gasteiger charge is 2.34. The summed E-state index contributed by atoms with van der Waals surface area (Å²) in [5, 5.41) is 10.9. The number of carbonyl (C=O) groups is 1. The van der Waals surface area contributed by atoms with Gasteiger partial charge in [-0.25, -0.2) is 8.42 Å². The summed E-state index contributed by atoms with van der Waals surface area (Å²) < 4.78 is 43.2. The molecule has 8 nitrogen and oxygen atoms in total. The largest absolute Gasteiger partial charge is 0.468 e. The lowest BCUT2D eigenvalue weighted by atomic mass is 10.3. The van der Waals surface area contributed by atoms with Crippen LogP contribution in [-0.4, -0.2) is 43.8 Å². The molecule has 0 N–H and O–H groups in total. The molecule has 0 saturated carbocycles. The molecule has 1 aromatic rings. The van der Waals surface area contributed by atoms with Crippen LogP contribution in [0, 0.1) is 15.9 Å². The maximum atomic E-state index is 13.5. The Bertz CT molecular complexity index is 661. The summed E-state index contributed by atoms with van der Waals surface area (Å²) in [6.07, 6.45) is 0. The van der Waals surface area contributed by atoms with Crippen LogP contribution in [0.25, 0.3) is 0 Å². The third kappa shape index (κ3) is 3.52. The number of para-hydroxylation sites is 1. The molecule has 0 saturated heterocycles. The molecule has 0 radical (unpaired) electrons. The first-order chi connectivity index (χ1) is 9.75. The van der Waals surface area contributed by atoms with Gasteiger partial charge in [-0.05, 0) is 12.1 Å². The highest BCUT2D eigenvalue weighted by atomic mass is 32.2. The van der Waals surface area contributed by atoms with Crippen LogP contribution in [0.4, 0.5) is 10.1 Å². The summed E-state index contributed by atoms with van der Waals surface area (Å²) in [6.45, 7) is 0.680. The van der Waals surface area contributed by atoms with Gasteiger partial charge in [0, 0.05) is 6.54 Å². The van der Waals surface area contributed by atoms with Crippen molar-refractivity contribution >= 4 is 21.7 Å². The number of nitro groups is 1. The second kappa shape index (κ2) is 6.59. The predicted molar refractivity (Wildman–Crippen MR) is 69.5 cm³/mol. The lowest BCUT2D eigenvalue weighted by molar-refractivity contribution is -0.390. The number of rotatable bonds is 6. The van der Waals surface area contributed by atoms with Crippen LogP contribution < -0.4 is 0 Å². The monoisotopic (exact) mass is 320 g/mol. The molecule has 0 amide bonds. The number of halogens is 1. The first-order valence-corrected chi connectivity index (χ1v) is 7.19. The number of benzene rings is 1. The molecule has 0 unspecified atom stereocenters. The second-order valence-corrected chi connectivity index (χ2v) is 5.76.